The number of Topliss-reactive ketones (excluding diaryl/α,β-unsaturated/α-hetero) is 1. The second-order valence-electron chi connectivity index (χ2n) is 7.03. The second kappa shape index (κ2) is 13.4. The third kappa shape index (κ3) is 9.16. The molecule has 0 aromatic rings. The van der Waals surface area contributed by atoms with Gasteiger partial charge in [-0.15, -0.1) is 0 Å². The van der Waals surface area contributed by atoms with E-state index in [0.717, 1.165) is 19.3 Å². The molecular formula is C22H34O5. The number of unbranched alkanes of at least 4 members (excludes halogenated alkanes) is 2. The first-order chi connectivity index (χ1) is 13.0. The van der Waals surface area contributed by atoms with Crippen LogP contribution >= 0.6 is 0 Å². The molecule has 0 aromatic heterocycles. The fourth-order valence-electron chi connectivity index (χ4n) is 3.45. The topological polar surface area (TPSA) is 83.8 Å². The van der Waals surface area contributed by atoms with Gasteiger partial charge >= 0.3 is 5.97 Å². The summed E-state index contributed by atoms with van der Waals surface area (Å²) in [6.45, 7) is 4.21. The van der Waals surface area contributed by atoms with Crippen molar-refractivity contribution in [3.05, 3.63) is 36.5 Å². The van der Waals surface area contributed by atoms with Crippen LogP contribution in [0.1, 0.15) is 58.8 Å². The summed E-state index contributed by atoms with van der Waals surface area (Å²) in [5.74, 6) is -0.412. The molecule has 4 atom stereocenters. The Labute approximate surface area is 162 Å². The molecule has 1 unspecified atom stereocenters. The predicted molar refractivity (Wildman–Crippen MR) is 106 cm³/mol. The lowest BCUT2D eigenvalue weighted by Crippen LogP contribution is -2.21. The van der Waals surface area contributed by atoms with E-state index in [1.807, 2.05) is 6.08 Å². The van der Waals surface area contributed by atoms with Crippen LogP contribution in [0.3, 0.4) is 0 Å². The van der Waals surface area contributed by atoms with Gasteiger partial charge in [0.25, 0.3) is 0 Å². The highest BCUT2D eigenvalue weighted by molar-refractivity contribution is 5.82. The Bertz CT molecular complexity index is 535. The Hall–Kier alpha value is -1.72. The van der Waals surface area contributed by atoms with Crippen molar-refractivity contribution in [1.29, 1.82) is 0 Å². The highest BCUT2D eigenvalue weighted by atomic mass is 16.5. The van der Waals surface area contributed by atoms with Gasteiger partial charge in [0, 0.05) is 31.3 Å². The number of rotatable bonds is 12. The molecule has 2 N–H and O–H groups in total. The standard InChI is InChI=1S/C22H34O5/c1-3-5-8-11-17(23)14-15-19-18(20(24)16-21(19)25)12-9-6-7-10-13-22(26)27-4-2/h6-7,9-10,12-13,18-21,24-25H,3-5,8,11,14-16H2,1-2H3/b7-6+,12-9+,13-10+/t18-,19?,20-,21+/m0/s1. The van der Waals surface area contributed by atoms with Crippen molar-refractivity contribution >= 4 is 11.8 Å². The fraction of sp³-hybridized carbons (Fsp3) is 0.636. The number of aliphatic hydroxyl groups excluding tert-OH is 2. The van der Waals surface area contributed by atoms with Crippen LogP contribution in [0, 0.1) is 11.8 Å². The molecule has 0 aromatic carbocycles. The lowest BCUT2D eigenvalue weighted by Gasteiger charge is -2.20. The highest BCUT2D eigenvalue weighted by Crippen LogP contribution is 2.36. The van der Waals surface area contributed by atoms with Crippen LogP contribution < -0.4 is 0 Å². The summed E-state index contributed by atoms with van der Waals surface area (Å²) < 4.78 is 4.78. The van der Waals surface area contributed by atoms with E-state index in [-0.39, 0.29) is 23.6 Å². The maximum Gasteiger partial charge on any atom is 0.330 e. The van der Waals surface area contributed by atoms with E-state index < -0.39 is 12.2 Å². The Kier molecular flexibility index (Phi) is 11.6. The first-order valence-electron chi connectivity index (χ1n) is 10.1. The normalized spacial score (nSPS) is 25.8. The number of aliphatic hydroxyl groups is 2. The van der Waals surface area contributed by atoms with Crippen LogP contribution in [0.2, 0.25) is 0 Å². The molecule has 5 heteroatoms. The van der Waals surface area contributed by atoms with Gasteiger partial charge in [-0.05, 0) is 25.7 Å². The maximum absolute atomic E-state index is 12.0. The van der Waals surface area contributed by atoms with Crippen molar-refractivity contribution in [2.45, 2.75) is 71.0 Å². The largest absolute Gasteiger partial charge is 0.463 e. The predicted octanol–water partition coefficient (Wildman–Crippen LogP) is 3.51. The van der Waals surface area contributed by atoms with Gasteiger partial charge in [0.1, 0.15) is 5.78 Å². The number of ketones is 1. The van der Waals surface area contributed by atoms with Crippen LogP contribution in [-0.4, -0.2) is 40.8 Å². The molecule has 1 rings (SSSR count). The van der Waals surface area contributed by atoms with Gasteiger partial charge in [-0.25, -0.2) is 4.79 Å². The Morgan fingerprint density at radius 2 is 1.74 bits per heavy atom. The molecule has 152 valence electrons. The lowest BCUT2D eigenvalue weighted by molar-refractivity contribution is -0.137. The minimum Gasteiger partial charge on any atom is -0.463 e. The van der Waals surface area contributed by atoms with Crippen LogP contribution in [0.5, 0.6) is 0 Å². The first-order valence-corrected chi connectivity index (χ1v) is 10.1. The molecule has 0 spiro atoms. The van der Waals surface area contributed by atoms with Gasteiger partial charge in [-0.2, -0.15) is 0 Å². The molecule has 1 aliphatic rings. The van der Waals surface area contributed by atoms with Gasteiger partial charge in [-0.1, -0.05) is 50.1 Å². The van der Waals surface area contributed by atoms with Crippen LogP contribution in [-0.2, 0) is 14.3 Å². The number of hydrogen-bond donors (Lipinski definition) is 2. The van der Waals surface area contributed by atoms with E-state index in [0.29, 0.717) is 32.3 Å². The second-order valence-corrected chi connectivity index (χ2v) is 7.03. The molecular weight excluding hydrogens is 344 g/mol. The summed E-state index contributed by atoms with van der Waals surface area (Å²) in [7, 11) is 0. The van der Waals surface area contributed by atoms with Crippen molar-refractivity contribution in [3.63, 3.8) is 0 Å². The minimum atomic E-state index is -0.597. The third-order valence-corrected chi connectivity index (χ3v) is 4.92. The van der Waals surface area contributed by atoms with Gasteiger partial charge < -0.3 is 14.9 Å². The average Bonchev–Trinajstić information content (AvgIpc) is 2.89. The van der Waals surface area contributed by atoms with E-state index in [1.54, 1.807) is 31.2 Å². The summed E-state index contributed by atoms with van der Waals surface area (Å²) in [5.41, 5.74) is 0. The van der Waals surface area contributed by atoms with Gasteiger partial charge in [-0.3, -0.25) is 4.79 Å². The Morgan fingerprint density at radius 1 is 1.00 bits per heavy atom. The number of ether oxygens (including phenoxy) is 1. The van der Waals surface area contributed by atoms with Crippen LogP contribution in [0.15, 0.2) is 36.5 Å². The van der Waals surface area contributed by atoms with Gasteiger partial charge in [0.15, 0.2) is 0 Å². The summed E-state index contributed by atoms with van der Waals surface area (Å²) >= 11 is 0. The molecule has 0 bridgehead atoms. The summed E-state index contributed by atoms with van der Waals surface area (Å²) in [6.07, 6.45) is 14.0. The maximum atomic E-state index is 12.0. The van der Waals surface area contributed by atoms with Gasteiger partial charge in [0.2, 0.25) is 0 Å². The Morgan fingerprint density at radius 3 is 2.44 bits per heavy atom. The number of esters is 1. The first kappa shape index (κ1) is 23.3. The zero-order valence-corrected chi connectivity index (χ0v) is 16.5. The number of carbonyl (C=O) groups is 2. The molecule has 5 nitrogen and oxygen atoms in total. The quantitative estimate of drug-likeness (QED) is 0.235. The highest BCUT2D eigenvalue weighted by Gasteiger charge is 2.39. The molecule has 27 heavy (non-hydrogen) atoms. The van der Waals surface area contributed by atoms with Crippen molar-refractivity contribution in [2.24, 2.45) is 11.8 Å². The van der Waals surface area contributed by atoms with E-state index in [9.17, 15) is 19.8 Å². The van der Waals surface area contributed by atoms with Crippen molar-refractivity contribution in [3.8, 4) is 0 Å². The molecule has 0 radical (unpaired) electrons. The van der Waals surface area contributed by atoms with Crippen molar-refractivity contribution in [1.82, 2.24) is 0 Å². The Balaban J connectivity index is 2.50. The summed E-state index contributed by atoms with van der Waals surface area (Å²) in [4.78, 5) is 23.2. The van der Waals surface area contributed by atoms with E-state index in [4.69, 9.17) is 4.74 Å². The monoisotopic (exact) mass is 378 g/mol. The fourth-order valence-corrected chi connectivity index (χ4v) is 3.45. The van der Waals surface area contributed by atoms with Gasteiger partial charge in [0.05, 0.1) is 18.8 Å². The molecule has 1 saturated carbocycles. The lowest BCUT2D eigenvalue weighted by atomic mass is 9.88. The third-order valence-electron chi connectivity index (χ3n) is 4.92. The van der Waals surface area contributed by atoms with Crippen LogP contribution in [0.4, 0.5) is 0 Å². The van der Waals surface area contributed by atoms with E-state index >= 15 is 0 Å². The molecule has 0 amide bonds. The summed E-state index contributed by atoms with van der Waals surface area (Å²) in [5, 5.41) is 20.4. The zero-order valence-electron chi connectivity index (χ0n) is 16.5. The average molecular weight is 379 g/mol. The van der Waals surface area contributed by atoms with Crippen molar-refractivity contribution in [2.75, 3.05) is 6.61 Å². The molecule has 0 aliphatic heterocycles. The van der Waals surface area contributed by atoms with Crippen molar-refractivity contribution < 1.29 is 24.5 Å². The molecule has 0 saturated heterocycles. The zero-order chi connectivity index (χ0) is 20.1. The number of carbonyl (C=O) groups excluding carboxylic acids is 2. The molecule has 0 heterocycles. The molecule has 1 fully saturated rings. The van der Waals surface area contributed by atoms with Crippen LogP contribution in [0.25, 0.3) is 0 Å². The SMILES string of the molecule is CCCCCC(=O)CCC1[C@H](O)C[C@H](O)[C@H]1/C=C/C=C/C=C/C(=O)OCC. The number of hydrogen-bond acceptors (Lipinski definition) is 5. The summed E-state index contributed by atoms with van der Waals surface area (Å²) in [6, 6.07) is 0. The number of allylic oxidation sites excluding steroid dienone is 4. The smallest absolute Gasteiger partial charge is 0.330 e. The minimum absolute atomic E-state index is 0.102. The van der Waals surface area contributed by atoms with E-state index in [2.05, 4.69) is 6.92 Å². The van der Waals surface area contributed by atoms with E-state index in [1.165, 1.54) is 6.08 Å². The molecule has 1 aliphatic carbocycles.